The Bertz CT molecular complexity index is 2450. The number of esters is 7. The van der Waals surface area contributed by atoms with Crippen LogP contribution in [0.25, 0.3) is 5.32 Å². The van der Waals surface area contributed by atoms with Gasteiger partial charge in [0.05, 0.1) is 80.6 Å². The average molecular weight is 1100 g/mol. The molecule has 0 aromatic rings. The van der Waals surface area contributed by atoms with E-state index in [0.717, 1.165) is 0 Å². The first-order chi connectivity index (χ1) is 34.8. The number of fused-ring (bicyclic) bond motifs is 6. The number of ether oxygens (including phenoxy) is 7. The minimum Gasteiger partial charge on any atom is -0.664 e. The fourth-order valence-electron chi connectivity index (χ4n) is 12.2. The fraction of sp³-hybridized carbons (Fsp3) is 0.667. The molecule has 0 amide bonds. The number of hydrogen-bond acceptors (Lipinski definition) is 19. The molecule has 0 aromatic heterocycles. The number of nitrogens with zero attached hydrogens (tertiary/aromatic N) is 6. The van der Waals surface area contributed by atoms with Gasteiger partial charge in [0.2, 0.25) is 0 Å². The average Bonchev–Trinajstić information content (AvgIpc) is 4.01. The first kappa shape index (κ1) is 64.9. The number of methoxy groups -OCH3 is 7. The van der Waals surface area contributed by atoms with E-state index in [1.54, 1.807) is 0 Å². The number of carbonyl (C=O) groups is 7. The second-order valence-electron chi connectivity index (χ2n) is 20.7. The van der Waals surface area contributed by atoms with Crippen LogP contribution in [0.3, 0.4) is 0 Å². The van der Waals surface area contributed by atoms with Crippen LogP contribution in [-0.4, -0.2) is 120 Å². The number of rotatable bonds is 18. The summed E-state index contributed by atoms with van der Waals surface area (Å²) < 4.78 is 36.7. The summed E-state index contributed by atoms with van der Waals surface area (Å²) in [5.41, 5.74) is -0.993. The molecule has 20 nitrogen and oxygen atoms in total. The molecular weight excluding hydrogens is 1020 g/mol. The molecule has 75 heavy (non-hydrogen) atoms. The first-order valence-electron chi connectivity index (χ1n) is 24.4. The van der Waals surface area contributed by atoms with Gasteiger partial charge in [0.25, 0.3) is 0 Å². The molecular formula is C54H73CoN6O14. The largest absolute Gasteiger partial charge is 3.00 e. The standard InChI is InChI=1S/C52H73N4O14.2CN.Co/c1-28-43-31(17-20-37(58)65-10)48(3,4)35(54-43)25-34-30(16-19-36(57)64-9)50(6,26-41(62)69-14)46(53-34)29(2)44-32(18-21-38(59)66-11)51(7,27-42(63)70-15)52(8,56-44)47-33(24-40(61)68-13)49(5,45(28)55-47)23-22-39(60)67-12;2*1-2;/h25,30-33,47H,16-24,26-27H2,1-15H3;;;/q3*-1;+3/t30-,31-,32-,33+,47-,49-,50+,51+,52+;;;/m1.../s1/i1+1,2+1,3+1,5+1,8+1;;;1+1/t30-,31-,32-,33+,47-,48+,49-,50+,51+,52+;;;. The molecule has 5 heterocycles. The molecule has 1 fully saturated rings. The van der Waals surface area contributed by atoms with E-state index in [1.165, 1.54) is 49.8 Å². The maximum atomic E-state index is 14.0. The Morgan fingerprint density at radius 3 is 1.55 bits per heavy atom. The van der Waals surface area contributed by atoms with E-state index in [-0.39, 0.29) is 81.0 Å². The van der Waals surface area contributed by atoms with Crippen LogP contribution in [0.5, 0.6) is 0 Å². The Hall–Kier alpha value is -6.19. The maximum absolute atomic E-state index is 14.0. The van der Waals surface area contributed by atoms with Crippen molar-refractivity contribution in [3.05, 3.63) is 52.8 Å². The first-order valence-corrected chi connectivity index (χ1v) is 24.4. The minimum atomic E-state index is -1.38. The molecule has 0 spiro atoms. The van der Waals surface area contributed by atoms with Crippen molar-refractivity contribution in [2.75, 3.05) is 49.8 Å². The van der Waals surface area contributed by atoms with Crippen molar-refractivity contribution in [1.29, 1.82) is 10.5 Å². The third kappa shape index (κ3) is 12.6. The Morgan fingerprint density at radius 2 is 1.05 bits per heavy atom. The normalized spacial score (nSPS) is 32.5. The van der Waals surface area contributed by atoms with Crippen molar-refractivity contribution < 1.29 is 83.5 Å². The van der Waals surface area contributed by atoms with Crippen LogP contribution in [0.15, 0.2) is 49.3 Å². The molecule has 0 radical (unpaired) electrons. The van der Waals surface area contributed by atoms with Crippen molar-refractivity contribution >= 4 is 58.9 Å². The topological polar surface area (TPSA) is 283 Å². The predicted octanol–water partition coefficient (Wildman–Crippen LogP) is 7.51. The molecule has 0 aliphatic carbocycles. The van der Waals surface area contributed by atoms with Gasteiger partial charge in [0.15, 0.2) is 0 Å². The van der Waals surface area contributed by atoms with Gasteiger partial charge in [-0.3, -0.25) is 48.5 Å². The molecule has 5 rings (SSSR count). The van der Waals surface area contributed by atoms with Crippen LogP contribution in [0.4, 0.5) is 0 Å². The zero-order chi connectivity index (χ0) is 56.3. The SMILES string of the molecule is COC(=O)CC[C@@H]1C2=C(\[13CH3])C3=N[C@H]([C@H](CC(=O)OC)[C@@]3([13CH3])CCC(=O)OC)[C@]3([13CH3])N=C(/C([13CH3])=C4\[N-]\C(=C/C(=N\2)[C@]1(C)[13CH3])[C@@H](CCC(=O)OC)[C@]4(C)CC(=O)OC)[C@@H](CCC(=O)OC)[C@]3(C)CC(=O)OC.[60Co+3].[C-]#N.[C-]#N. The van der Waals surface area contributed by atoms with Crippen LogP contribution < -0.4 is 0 Å². The quantitative estimate of drug-likeness (QED) is 0.0555. The molecule has 21 heteroatoms. The third-order valence-electron chi connectivity index (χ3n) is 16.7. The van der Waals surface area contributed by atoms with Crippen LogP contribution in [0.1, 0.15) is 126 Å². The van der Waals surface area contributed by atoms with Crippen LogP contribution in [0.2, 0.25) is 0 Å². The van der Waals surface area contributed by atoms with E-state index >= 15 is 0 Å². The molecule has 0 unspecified atom stereocenters. The van der Waals surface area contributed by atoms with E-state index in [2.05, 4.69) is 0 Å². The summed E-state index contributed by atoms with van der Waals surface area (Å²) in [4.78, 5) is 111. The van der Waals surface area contributed by atoms with Gasteiger partial charge in [-0.2, -0.15) is 5.70 Å². The van der Waals surface area contributed by atoms with Gasteiger partial charge in [-0.25, -0.2) is 0 Å². The smallest absolute Gasteiger partial charge is 0.664 e. The summed E-state index contributed by atoms with van der Waals surface area (Å²) in [6.45, 7) is 25.1. The zero-order valence-electron chi connectivity index (χ0n) is 46.0. The predicted molar refractivity (Wildman–Crippen MR) is 268 cm³/mol. The van der Waals surface area contributed by atoms with Crippen LogP contribution >= 0.6 is 0 Å². The van der Waals surface area contributed by atoms with Gasteiger partial charge in [-0.15, -0.1) is 5.70 Å². The number of allylic oxidation sites excluding steroid dienone is 6. The Kier molecular flexibility index (Phi) is 23.0. The van der Waals surface area contributed by atoms with Crippen molar-refractivity contribution in [2.45, 2.75) is 138 Å². The Labute approximate surface area is 451 Å². The Balaban J connectivity index is 0.00000376. The monoisotopic (exact) mass is 1090 g/mol. The van der Waals surface area contributed by atoms with E-state index < -0.39 is 98.7 Å². The number of aliphatic imine (C=N–C) groups is 3. The molecule has 10 atom stereocenters. The van der Waals surface area contributed by atoms with Gasteiger partial charge >= 0.3 is 58.6 Å². The maximum Gasteiger partial charge on any atom is 3.00 e. The van der Waals surface area contributed by atoms with E-state index in [0.29, 0.717) is 51.8 Å². The van der Waals surface area contributed by atoms with Crippen molar-refractivity contribution in [3.8, 4) is 0 Å². The Morgan fingerprint density at radius 1 is 0.600 bits per heavy atom. The molecule has 5 aliphatic rings. The van der Waals surface area contributed by atoms with Gasteiger partial charge in [-0.05, 0) is 68.9 Å². The fourth-order valence-corrected chi connectivity index (χ4v) is 12.2. The number of hydrogen-bond donors (Lipinski definition) is 0. The van der Waals surface area contributed by atoms with Crippen molar-refractivity contribution in [1.82, 2.24) is 0 Å². The molecule has 5 aliphatic heterocycles. The van der Waals surface area contributed by atoms with Gasteiger partial charge in [0, 0.05) is 82.5 Å². The molecule has 412 valence electrons. The summed E-state index contributed by atoms with van der Waals surface area (Å²) >= 11 is 0. The molecule has 1 saturated heterocycles. The molecule has 0 aromatic carbocycles. The van der Waals surface area contributed by atoms with Gasteiger partial charge in [-0.1, -0.05) is 40.7 Å². The summed E-state index contributed by atoms with van der Waals surface area (Å²) in [6.07, 6.45) is 2.21. The summed E-state index contributed by atoms with van der Waals surface area (Å²) in [7, 11) is 9.17. The third-order valence-corrected chi connectivity index (χ3v) is 16.7. The van der Waals surface area contributed by atoms with Crippen molar-refractivity contribution in [3.63, 3.8) is 0 Å². The van der Waals surface area contributed by atoms with Crippen molar-refractivity contribution in [2.24, 2.45) is 60.3 Å². The number of carbonyl (C=O) groups excluding carboxylic acids is 7. The van der Waals surface area contributed by atoms with Gasteiger partial charge < -0.3 is 62.1 Å². The van der Waals surface area contributed by atoms with Crippen LogP contribution in [0, 0.1) is 69.0 Å². The second-order valence-corrected chi connectivity index (χ2v) is 20.7. The molecule has 0 N–H and O–H groups in total. The second kappa shape index (κ2) is 26.5. The summed E-state index contributed by atoms with van der Waals surface area (Å²) in [6, 6.07) is -0.898. The molecule has 8 bridgehead atoms. The zero-order valence-corrected chi connectivity index (χ0v) is 47.0. The van der Waals surface area contributed by atoms with Crippen LogP contribution in [-0.2, 0) is 83.5 Å². The minimum absolute atomic E-state index is 0. The molecule has 0 saturated carbocycles. The summed E-state index contributed by atoms with van der Waals surface area (Å²) in [5, 5.41) is 17.9. The van der Waals surface area contributed by atoms with E-state index in [4.69, 9.17) is 77.1 Å². The van der Waals surface area contributed by atoms with E-state index in [1.807, 2.05) is 61.5 Å². The van der Waals surface area contributed by atoms with E-state index in [9.17, 15) is 33.6 Å². The summed E-state index contributed by atoms with van der Waals surface area (Å²) in [5.74, 6) is -5.83. The van der Waals surface area contributed by atoms with Gasteiger partial charge in [0.1, 0.15) is 0 Å².